The van der Waals surface area contributed by atoms with E-state index < -0.39 is 0 Å². The van der Waals surface area contributed by atoms with Gasteiger partial charge in [-0.3, -0.25) is 4.79 Å². The van der Waals surface area contributed by atoms with Gasteiger partial charge in [-0.15, -0.1) is 0 Å². The van der Waals surface area contributed by atoms with Crippen molar-refractivity contribution < 1.29 is 4.79 Å². The van der Waals surface area contributed by atoms with Crippen LogP contribution < -0.4 is 5.73 Å². The standard InChI is InChI=1S/C7H14N2O.C2H6S/c8-4-2-6-9-5-1-3-7(9)10;1-2-3/h1-6,8H2;3H,2H2,1H3. The summed E-state index contributed by atoms with van der Waals surface area (Å²) in [5, 5.41) is 0. The quantitative estimate of drug-likeness (QED) is 0.671. The third kappa shape index (κ3) is 5.93. The Labute approximate surface area is 86.1 Å². The van der Waals surface area contributed by atoms with Crippen LogP contribution >= 0.6 is 12.6 Å². The first-order chi connectivity index (χ1) is 6.26. The van der Waals surface area contributed by atoms with E-state index in [4.69, 9.17) is 5.73 Å². The first-order valence-corrected chi connectivity index (χ1v) is 5.48. The first-order valence-electron chi connectivity index (χ1n) is 4.85. The maximum absolute atomic E-state index is 11.0. The number of nitrogens with two attached hydrogens (primary N) is 1. The van der Waals surface area contributed by atoms with Crippen LogP contribution in [-0.4, -0.2) is 36.2 Å². The van der Waals surface area contributed by atoms with E-state index >= 15 is 0 Å². The lowest BCUT2D eigenvalue weighted by molar-refractivity contribution is -0.127. The van der Waals surface area contributed by atoms with Crippen molar-refractivity contribution in [3.8, 4) is 0 Å². The van der Waals surface area contributed by atoms with Crippen LogP contribution in [0.4, 0.5) is 0 Å². The van der Waals surface area contributed by atoms with Crippen LogP contribution in [0.25, 0.3) is 0 Å². The van der Waals surface area contributed by atoms with E-state index in [-0.39, 0.29) is 0 Å². The highest BCUT2D eigenvalue weighted by Gasteiger charge is 2.18. The van der Waals surface area contributed by atoms with E-state index in [1.807, 2.05) is 11.8 Å². The van der Waals surface area contributed by atoms with Crippen molar-refractivity contribution in [1.82, 2.24) is 4.90 Å². The predicted octanol–water partition coefficient (Wildman–Crippen LogP) is 0.894. The van der Waals surface area contributed by atoms with E-state index in [1.54, 1.807) is 0 Å². The van der Waals surface area contributed by atoms with Gasteiger partial charge in [0.05, 0.1) is 0 Å². The lowest BCUT2D eigenvalue weighted by atomic mass is 10.4. The molecule has 0 radical (unpaired) electrons. The molecule has 0 spiro atoms. The van der Waals surface area contributed by atoms with Gasteiger partial charge in [-0.1, -0.05) is 6.92 Å². The number of carbonyl (C=O) groups excluding carboxylic acids is 1. The molecular weight excluding hydrogens is 184 g/mol. The fourth-order valence-corrected chi connectivity index (χ4v) is 1.22. The van der Waals surface area contributed by atoms with E-state index in [9.17, 15) is 4.79 Å². The molecule has 1 fully saturated rings. The van der Waals surface area contributed by atoms with Crippen molar-refractivity contribution in [3.63, 3.8) is 0 Å². The van der Waals surface area contributed by atoms with Crippen LogP contribution in [0, 0.1) is 0 Å². The number of hydrogen-bond donors (Lipinski definition) is 2. The third-order valence-corrected chi connectivity index (χ3v) is 1.80. The fraction of sp³-hybridized carbons (Fsp3) is 0.889. The molecule has 0 bridgehead atoms. The molecule has 78 valence electrons. The second-order valence-corrected chi connectivity index (χ2v) is 3.58. The Balaban J connectivity index is 0.000000424. The molecule has 0 aromatic heterocycles. The summed E-state index contributed by atoms with van der Waals surface area (Å²) in [6.07, 6.45) is 2.71. The smallest absolute Gasteiger partial charge is 0.222 e. The van der Waals surface area contributed by atoms with Crippen molar-refractivity contribution in [3.05, 3.63) is 0 Å². The Morgan fingerprint density at radius 3 is 2.62 bits per heavy atom. The predicted molar refractivity (Wildman–Crippen MR) is 59.0 cm³/mol. The summed E-state index contributed by atoms with van der Waals surface area (Å²) < 4.78 is 0. The Hall–Kier alpha value is -0.220. The molecule has 1 aliphatic heterocycles. The van der Waals surface area contributed by atoms with Gasteiger partial charge in [0, 0.05) is 19.5 Å². The van der Waals surface area contributed by atoms with E-state index in [1.165, 1.54) is 0 Å². The van der Waals surface area contributed by atoms with Crippen LogP contribution in [0.2, 0.25) is 0 Å². The summed E-state index contributed by atoms with van der Waals surface area (Å²) in [5.74, 6) is 1.24. The van der Waals surface area contributed by atoms with Gasteiger partial charge >= 0.3 is 0 Å². The van der Waals surface area contributed by atoms with E-state index in [0.29, 0.717) is 12.5 Å². The monoisotopic (exact) mass is 204 g/mol. The van der Waals surface area contributed by atoms with E-state index in [2.05, 4.69) is 12.6 Å². The van der Waals surface area contributed by atoms with Gasteiger partial charge in [-0.2, -0.15) is 12.6 Å². The number of amides is 1. The summed E-state index contributed by atoms with van der Waals surface area (Å²) in [4.78, 5) is 12.9. The molecule has 1 heterocycles. The number of rotatable bonds is 3. The maximum atomic E-state index is 11.0. The molecule has 1 aliphatic rings. The van der Waals surface area contributed by atoms with Gasteiger partial charge in [0.2, 0.25) is 5.91 Å². The SMILES string of the molecule is CCS.NCCCN1CCCC1=O. The minimum atomic E-state index is 0.299. The van der Waals surface area contributed by atoms with Gasteiger partial charge < -0.3 is 10.6 Å². The molecule has 3 nitrogen and oxygen atoms in total. The highest BCUT2D eigenvalue weighted by molar-refractivity contribution is 7.80. The first kappa shape index (κ1) is 12.8. The molecule has 0 atom stereocenters. The Bertz CT molecular complexity index is 142. The zero-order chi connectivity index (χ0) is 10.1. The van der Waals surface area contributed by atoms with Crippen molar-refractivity contribution in [2.45, 2.75) is 26.2 Å². The lowest BCUT2D eigenvalue weighted by Crippen LogP contribution is -2.27. The summed E-state index contributed by atoms with van der Waals surface area (Å²) in [6, 6.07) is 0. The number of nitrogens with zero attached hydrogens (tertiary/aromatic N) is 1. The molecule has 1 rings (SSSR count). The highest BCUT2D eigenvalue weighted by atomic mass is 32.1. The molecule has 2 N–H and O–H groups in total. The Morgan fingerprint density at radius 1 is 1.62 bits per heavy atom. The summed E-state index contributed by atoms with van der Waals surface area (Å²) >= 11 is 3.79. The van der Waals surface area contributed by atoms with Crippen LogP contribution in [0.3, 0.4) is 0 Å². The fourth-order valence-electron chi connectivity index (χ4n) is 1.22. The van der Waals surface area contributed by atoms with Gasteiger partial charge in [0.1, 0.15) is 0 Å². The van der Waals surface area contributed by atoms with Crippen molar-refractivity contribution in [1.29, 1.82) is 0 Å². The highest BCUT2D eigenvalue weighted by Crippen LogP contribution is 2.08. The molecule has 1 saturated heterocycles. The summed E-state index contributed by atoms with van der Waals surface area (Å²) in [7, 11) is 0. The minimum absolute atomic E-state index is 0.299. The zero-order valence-electron chi connectivity index (χ0n) is 8.33. The Kier molecular flexibility index (Phi) is 8.24. The van der Waals surface area contributed by atoms with Gasteiger partial charge in [0.25, 0.3) is 0 Å². The molecule has 4 heteroatoms. The average Bonchev–Trinajstić information content (AvgIpc) is 2.49. The third-order valence-electron chi connectivity index (χ3n) is 1.80. The molecule has 1 amide bonds. The van der Waals surface area contributed by atoms with Crippen molar-refractivity contribution in [2.75, 3.05) is 25.4 Å². The van der Waals surface area contributed by atoms with Crippen molar-refractivity contribution in [2.24, 2.45) is 5.73 Å². The largest absolute Gasteiger partial charge is 0.343 e. The molecule has 0 aromatic carbocycles. The normalized spacial score (nSPS) is 15.6. The number of likely N-dealkylation sites (tertiary alicyclic amines) is 1. The number of hydrogen-bond acceptors (Lipinski definition) is 3. The Morgan fingerprint density at radius 2 is 2.23 bits per heavy atom. The molecule has 0 saturated carbocycles. The summed E-state index contributed by atoms with van der Waals surface area (Å²) in [6.45, 7) is 4.47. The van der Waals surface area contributed by atoms with Gasteiger partial charge in [0.15, 0.2) is 0 Å². The van der Waals surface area contributed by atoms with Gasteiger partial charge in [-0.05, 0) is 25.1 Å². The minimum Gasteiger partial charge on any atom is -0.343 e. The second-order valence-electron chi connectivity index (χ2n) is 2.94. The van der Waals surface area contributed by atoms with Crippen LogP contribution in [-0.2, 0) is 4.79 Å². The molecule has 0 unspecified atom stereocenters. The molecular formula is C9H20N2OS. The number of carbonyl (C=O) groups is 1. The van der Waals surface area contributed by atoms with Crippen molar-refractivity contribution >= 4 is 18.5 Å². The lowest BCUT2D eigenvalue weighted by Gasteiger charge is -2.13. The van der Waals surface area contributed by atoms with Crippen LogP contribution in [0.15, 0.2) is 0 Å². The molecule has 13 heavy (non-hydrogen) atoms. The number of thiol groups is 1. The van der Waals surface area contributed by atoms with E-state index in [0.717, 1.165) is 38.1 Å². The molecule has 0 aliphatic carbocycles. The average molecular weight is 204 g/mol. The van der Waals surface area contributed by atoms with Crippen LogP contribution in [0.1, 0.15) is 26.2 Å². The topological polar surface area (TPSA) is 46.3 Å². The van der Waals surface area contributed by atoms with Crippen LogP contribution in [0.5, 0.6) is 0 Å². The molecule has 0 aromatic rings. The summed E-state index contributed by atoms with van der Waals surface area (Å²) in [5.41, 5.74) is 5.31. The van der Waals surface area contributed by atoms with Gasteiger partial charge in [-0.25, -0.2) is 0 Å². The zero-order valence-corrected chi connectivity index (χ0v) is 9.22. The maximum Gasteiger partial charge on any atom is 0.222 e. The second kappa shape index (κ2) is 8.38.